The second-order valence-electron chi connectivity index (χ2n) is 6.73. The number of halogens is 1. The molecule has 2 aliphatic rings. The molecular formula is C20H29BrN4O. The van der Waals surface area contributed by atoms with Crippen LogP contribution in [0.2, 0.25) is 0 Å². The lowest BCUT2D eigenvalue weighted by Crippen LogP contribution is -2.44. The summed E-state index contributed by atoms with van der Waals surface area (Å²) in [5, 5.41) is 6.99. The molecule has 26 heavy (non-hydrogen) atoms. The summed E-state index contributed by atoms with van der Waals surface area (Å²) < 4.78 is 6.52. The normalized spacial score (nSPS) is 20.8. The van der Waals surface area contributed by atoms with Crippen LogP contribution < -0.4 is 15.5 Å². The van der Waals surface area contributed by atoms with Gasteiger partial charge >= 0.3 is 0 Å². The Morgan fingerprint density at radius 1 is 1.38 bits per heavy atom. The maximum absolute atomic E-state index is 5.36. The van der Waals surface area contributed by atoms with E-state index in [0.717, 1.165) is 69.1 Å². The third-order valence-electron chi connectivity index (χ3n) is 4.83. The fourth-order valence-corrected chi connectivity index (χ4v) is 3.96. The summed E-state index contributed by atoms with van der Waals surface area (Å²) in [5.41, 5.74) is 2.74. The van der Waals surface area contributed by atoms with Crippen LogP contribution in [0.3, 0.4) is 0 Å². The molecule has 1 atom stereocenters. The lowest BCUT2D eigenvalue weighted by atomic mass is 10.1. The molecular weight excluding hydrogens is 392 g/mol. The Hall–Kier alpha value is -1.53. The number of aliphatic imine (C=N–C) groups is 1. The Balaban J connectivity index is 1.52. The minimum atomic E-state index is 0.419. The molecule has 0 saturated carbocycles. The molecule has 142 valence electrons. The van der Waals surface area contributed by atoms with Gasteiger partial charge < -0.3 is 20.3 Å². The number of nitrogens with one attached hydrogen (secondary N) is 2. The number of hydrogen-bond donors (Lipinski definition) is 2. The van der Waals surface area contributed by atoms with Gasteiger partial charge in [-0.05, 0) is 54.2 Å². The molecule has 0 spiro atoms. The molecule has 3 rings (SSSR count). The number of nitrogens with zero attached hydrogens (tertiary/aromatic N) is 2. The average Bonchev–Trinajstić information content (AvgIpc) is 3.11. The monoisotopic (exact) mass is 420 g/mol. The number of hydrogen-bond acceptors (Lipinski definition) is 3. The van der Waals surface area contributed by atoms with Gasteiger partial charge in [0, 0.05) is 36.7 Å². The summed E-state index contributed by atoms with van der Waals surface area (Å²) in [6, 6.07) is 8.85. The van der Waals surface area contributed by atoms with Gasteiger partial charge in [0.2, 0.25) is 0 Å². The summed E-state index contributed by atoms with van der Waals surface area (Å²) in [7, 11) is 0. The van der Waals surface area contributed by atoms with Gasteiger partial charge in [0.05, 0.1) is 18.9 Å². The van der Waals surface area contributed by atoms with E-state index >= 15 is 0 Å². The molecule has 5 nitrogen and oxygen atoms in total. The number of benzene rings is 1. The van der Waals surface area contributed by atoms with Gasteiger partial charge in [-0.2, -0.15) is 0 Å². The van der Waals surface area contributed by atoms with E-state index < -0.39 is 0 Å². The van der Waals surface area contributed by atoms with Crippen molar-refractivity contribution in [3.8, 4) is 0 Å². The summed E-state index contributed by atoms with van der Waals surface area (Å²) >= 11 is 3.66. The van der Waals surface area contributed by atoms with Crippen LogP contribution in [0.1, 0.15) is 26.2 Å². The Kier molecular flexibility index (Phi) is 7.38. The molecule has 1 fully saturated rings. The standard InChI is InChI=1S/C20H29BrN4O/c1-2-22-20(23-11-7-16-9-13-26-14-10-16)24-17-8-12-25(15-17)19-6-4-3-5-18(19)21/h3-6,9,17H,2,7-8,10-15H2,1H3,(H2,22,23,24). The highest BCUT2D eigenvalue weighted by Crippen LogP contribution is 2.28. The van der Waals surface area contributed by atoms with Crippen LogP contribution in [0.25, 0.3) is 0 Å². The van der Waals surface area contributed by atoms with Gasteiger partial charge in [-0.1, -0.05) is 23.8 Å². The van der Waals surface area contributed by atoms with Crippen LogP contribution in [-0.4, -0.2) is 51.4 Å². The van der Waals surface area contributed by atoms with Crippen molar-refractivity contribution < 1.29 is 4.74 Å². The van der Waals surface area contributed by atoms with Gasteiger partial charge in [-0.25, -0.2) is 0 Å². The highest BCUT2D eigenvalue weighted by atomic mass is 79.9. The first kappa shape index (κ1) is 19.2. The largest absolute Gasteiger partial charge is 0.377 e. The average molecular weight is 421 g/mol. The number of anilines is 1. The van der Waals surface area contributed by atoms with E-state index in [0.29, 0.717) is 6.04 Å². The summed E-state index contributed by atoms with van der Waals surface area (Å²) in [6.45, 7) is 7.47. The van der Waals surface area contributed by atoms with E-state index in [1.54, 1.807) is 0 Å². The number of para-hydroxylation sites is 1. The molecule has 1 saturated heterocycles. The molecule has 2 aliphatic heterocycles. The van der Waals surface area contributed by atoms with Gasteiger partial charge in [-0.3, -0.25) is 4.99 Å². The van der Waals surface area contributed by atoms with E-state index in [1.807, 2.05) is 0 Å². The number of rotatable bonds is 6. The zero-order chi connectivity index (χ0) is 18.2. The lowest BCUT2D eigenvalue weighted by molar-refractivity contribution is 0.153. The molecule has 0 aromatic heterocycles. The van der Waals surface area contributed by atoms with Crippen LogP contribution in [0.15, 0.2) is 45.4 Å². The Morgan fingerprint density at radius 2 is 2.27 bits per heavy atom. The van der Waals surface area contributed by atoms with Crippen molar-refractivity contribution in [3.63, 3.8) is 0 Å². The molecule has 6 heteroatoms. The van der Waals surface area contributed by atoms with Crippen molar-refractivity contribution in [2.45, 2.75) is 32.2 Å². The number of ether oxygens (including phenoxy) is 1. The predicted molar refractivity (Wildman–Crippen MR) is 112 cm³/mol. The Morgan fingerprint density at radius 3 is 3.04 bits per heavy atom. The van der Waals surface area contributed by atoms with E-state index in [1.165, 1.54) is 11.3 Å². The minimum Gasteiger partial charge on any atom is -0.377 e. The summed E-state index contributed by atoms with van der Waals surface area (Å²) in [5.74, 6) is 0.930. The van der Waals surface area contributed by atoms with Gasteiger partial charge in [0.15, 0.2) is 5.96 Å². The highest BCUT2D eigenvalue weighted by molar-refractivity contribution is 9.10. The van der Waals surface area contributed by atoms with Crippen molar-refractivity contribution in [2.75, 3.05) is 44.3 Å². The van der Waals surface area contributed by atoms with Crippen molar-refractivity contribution in [1.82, 2.24) is 10.6 Å². The van der Waals surface area contributed by atoms with E-state index in [9.17, 15) is 0 Å². The minimum absolute atomic E-state index is 0.419. The Labute approximate surface area is 165 Å². The molecule has 0 amide bonds. The second-order valence-corrected chi connectivity index (χ2v) is 7.58. The summed E-state index contributed by atoms with van der Waals surface area (Å²) in [6.07, 6.45) is 5.39. The maximum atomic E-state index is 5.36. The van der Waals surface area contributed by atoms with Crippen LogP contribution in [-0.2, 0) is 4.74 Å². The quantitative estimate of drug-likeness (QED) is 0.421. The maximum Gasteiger partial charge on any atom is 0.191 e. The second kappa shape index (κ2) is 9.97. The third-order valence-corrected chi connectivity index (χ3v) is 5.50. The molecule has 0 bridgehead atoms. The van der Waals surface area contributed by atoms with Crippen molar-refractivity contribution in [3.05, 3.63) is 40.4 Å². The van der Waals surface area contributed by atoms with Gasteiger partial charge in [0.1, 0.15) is 0 Å². The van der Waals surface area contributed by atoms with Crippen LogP contribution in [0.4, 0.5) is 5.69 Å². The van der Waals surface area contributed by atoms with Crippen LogP contribution in [0.5, 0.6) is 0 Å². The van der Waals surface area contributed by atoms with Crippen molar-refractivity contribution >= 4 is 27.6 Å². The third kappa shape index (κ3) is 5.48. The predicted octanol–water partition coefficient (Wildman–Crippen LogP) is 3.32. The molecule has 1 aromatic rings. The lowest BCUT2D eigenvalue weighted by Gasteiger charge is -2.21. The zero-order valence-electron chi connectivity index (χ0n) is 15.5. The van der Waals surface area contributed by atoms with E-state index in [-0.39, 0.29) is 0 Å². The molecule has 0 radical (unpaired) electrons. The SMILES string of the molecule is CCNC(=NCCC1=CCOCC1)NC1CCN(c2ccccc2Br)C1. The molecule has 2 heterocycles. The van der Waals surface area contributed by atoms with Gasteiger partial charge in [-0.15, -0.1) is 0 Å². The fraction of sp³-hybridized carbons (Fsp3) is 0.550. The van der Waals surface area contributed by atoms with Crippen molar-refractivity contribution in [1.29, 1.82) is 0 Å². The molecule has 2 N–H and O–H groups in total. The first-order valence-electron chi connectivity index (χ1n) is 9.56. The zero-order valence-corrected chi connectivity index (χ0v) is 17.1. The van der Waals surface area contributed by atoms with Crippen LogP contribution >= 0.6 is 15.9 Å². The van der Waals surface area contributed by atoms with Gasteiger partial charge in [0.25, 0.3) is 0 Å². The highest BCUT2D eigenvalue weighted by Gasteiger charge is 2.24. The molecule has 1 aromatic carbocycles. The smallest absolute Gasteiger partial charge is 0.191 e. The molecule has 0 aliphatic carbocycles. The molecule has 1 unspecified atom stereocenters. The summed E-state index contributed by atoms with van der Waals surface area (Å²) in [4.78, 5) is 7.20. The number of guanidine groups is 1. The van der Waals surface area contributed by atoms with Crippen molar-refractivity contribution in [2.24, 2.45) is 4.99 Å². The first-order valence-corrected chi connectivity index (χ1v) is 10.4. The first-order chi connectivity index (χ1) is 12.8. The Bertz CT molecular complexity index is 646. The van der Waals surface area contributed by atoms with E-state index in [4.69, 9.17) is 9.73 Å². The fourth-order valence-electron chi connectivity index (χ4n) is 3.42. The topological polar surface area (TPSA) is 48.9 Å². The van der Waals surface area contributed by atoms with E-state index in [2.05, 4.69) is 68.7 Å². The van der Waals surface area contributed by atoms with Crippen LogP contribution in [0, 0.1) is 0 Å².